The number of amides is 1. The van der Waals surface area contributed by atoms with Crippen molar-refractivity contribution in [2.75, 3.05) is 24.7 Å². The van der Waals surface area contributed by atoms with Crippen LogP contribution in [0, 0.1) is 24.0 Å². The van der Waals surface area contributed by atoms with Crippen LogP contribution in [0.5, 0.6) is 0 Å². The summed E-state index contributed by atoms with van der Waals surface area (Å²) in [5.41, 5.74) is 1.60. The number of aromatic nitrogens is 2. The minimum Gasteiger partial charge on any atom is -0.378 e. The van der Waals surface area contributed by atoms with Crippen LogP contribution in [-0.2, 0) is 14.6 Å². The van der Waals surface area contributed by atoms with Gasteiger partial charge in [-0.1, -0.05) is 18.2 Å². The fourth-order valence-corrected chi connectivity index (χ4v) is 4.04. The maximum Gasteiger partial charge on any atom is 0.293 e. The molecule has 0 unspecified atom stereocenters. The Hall–Kier alpha value is -4.06. The topological polar surface area (TPSA) is 153 Å². The summed E-state index contributed by atoms with van der Waals surface area (Å²) in [4.78, 5) is 35.6. The number of hydrogen-bond donors (Lipinski definition) is 2. The van der Waals surface area contributed by atoms with Crippen molar-refractivity contribution in [2.45, 2.75) is 18.7 Å². The van der Waals surface area contributed by atoms with E-state index in [0.717, 1.165) is 18.0 Å². The first-order valence-electron chi connectivity index (χ1n) is 10.2. The molecule has 12 heteroatoms. The predicted octanol–water partition coefficient (Wildman–Crippen LogP) is 2.21. The van der Waals surface area contributed by atoms with Gasteiger partial charge in [0.2, 0.25) is 0 Å². The van der Waals surface area contributed by atoms with Crippen LogP contribution in [0.1, 0.15) is 21.7 Å². The highest BCUT2D eigenvalue weighted by molar-refractivity contribution is 7.90. The molecule has 0 fully saturated rings. The van der Waals surface area contributed by atoms with Crippen LogP contribution in [0.4, 0.5) is 11.4 Å². The van der Waals surface area contributed by atoms with E-state index >= 15 is 0 Å². The summed E-state index contributed by atoms with van der Waals surface area (Å²) in [5, 5.41) is 20.9. The molecular formula is C22H23N5O6S. The van der Waals surface area contributed by atoms with E-state index in [2.05, 4.69) is 15.7 Å². The van der Waals surface area contributed by atoms with E-state index in [1.54, 1.807) is 18.5 Å². The van der Waals surface area contributed by atoms with Crippen LogP contribution in [0.25, 0.3) is 5.69 Å². The lowest BCUT2D eigenvalue weighted by atomic mass is 10.1. The van der Waals surface area contributed by atoms with E-state index in [1.165, 1.54) is 12.1 Å². The Kier molecular flexibility index (Phi) is 7.11. The van der Waals surface area contributed by atoms with Crippen LogP contribution in [0.3, 0.4) is 0 Å². The van der Waals surface area contributed by atoms with Gasteiger partial charge in [-0.25, -0.2) is 13.1 Å². The average molecular weight is 486 g/mol. The molecule has 1 heterocycles. The number of rotatable bonds is 9. The van der Waals surface area contributed by atoms with E-state index in [1.807, 2.05) is 30.3 Å². The summed E-state index contributed by atoms with van der Waals surface area (Å²) in [6.45, 7) is 3.42. The van der Waals surface area contributed by atoms with Crippen molar-refractivity contribution < 1.29 is 22.9 Å². The minimum absolute atomic E-state index is 0.000469. The number of sulfone groups is 1. The molecule has 0 radical (unpaired) electrons. The average Bonchev–Trinajstić information content (AvgIpc) is 3.09. The number of carbonyl (C=O) groups excluding carboxylic acids is 2. The van der Waals surface area contributed by atoms with Gasteiger partial charge in [0, 0.05) is 25.4 Å². The number of ketones is 1. The molecule has 0 aliphatic rings. The summed E-state index contributed by atoms with van der Waals surface area (Å²) >= 11 is 0. The molecule has 0 saturated heterocycles. The number of benzene rings is 2. The molecule has 178 valence electrons. The summed E-state index contributed by atoms with van der Waals surface area (Å²) in [6, 6.07) is 12.7. The van der Waals surface area contributed by atoms with Crippen LogP contribution < -0.4 is 10.6 Å². The van der Waals surface area contributed by atoms with E-state index < -0.39 is 32.1 Å². The Bertz CT molecular complexity index is 1370. The number of hydrogen-bond acceptors (Lipinski definition) is 8. The van der Waals surface area contributed by atoms with Gasteiger partial charge in [0.25, 0.3) is 17.4 Å². The third kappa shape index (κ3) is 5.29. The third-order valence-electron chi connectivity index (χ3n) is 5.05. The number of nitro groups is 1. The van der Waals surface area contributed by atoms with E-state index in [-0.39, 0.29) is 29.2 Å². The number of nitro benzene ring substituents is 1. The smallest absolute Gasteiger partial charge is 0.293 e. The molecule has 0 bridgehead atoms. The number of Topliss-reactive ketones (excluding diaryl/α,β-unsaturated/α-hetero) is 1. The number of aryl methyl sites for hydroxylation is 1. The number of anilines is 1. The quantitative estimate of drug-likeness (QED) is 0.154. The van der Waals surface area contributed by atoms with Gasteiger partial charge in [0.1, 0.15) is 5.69 Å². The van der Waals surface area contributed by atoms with Crippen molar-refractivity contribution in [3.8, 4) is 5.69 Å². The molecule has 0 aliphatic heterocycles. The largest absolute Gasteiger partial charge is 0.378 e. The van der Waals surface area contributed by atoms with Crippen molar-refractivity contribution in [3.63, 3.8) is 0 Å². The number of nitrogens with zero attached hydrogens (tertiary/aromatic N) is 3. The molecule has 0 saturated carbocycles. The van der Waals surface area contributed by atoms with E-state index in [9.17, 15) is 28.1 Å². The summed E-state index contributed by atoms with van der Waals surface area (Å²) in [7, 11) is -3.60. The molecule has 3 aromatic rings. The molecule has 0 atom stereocenters. The second-order valence-electron chi connectivity index (χ2n) is 7.51. The lowest BCUT2D eigenvalue weighted by Gasteiger charge is -2.09. The van der Waals surface area contributed by atoms with Crippen LogP contribution >= 0.6 is 0 Å². The van der Waals surface area contributed by atoms with Gasteiger partial charge < -0.3 is 10.6 Å². The molecule has 0 spiro atoms. The Labute approximate surface area is 195 Å². The lowest BCUT2D eigenvalue weighted by molar-refractivity contribution is -0.384. The Morgan fingerprint density at radius 1 is 1.09 bits per heavy atom. The fourth-order valence-electron chi connectivity index (χ4n) is 3.40. The zero-order chi connectivity index (χ0) is 25.0. The first-order chi connectivity index (χ1) is 16.0. The van der Waals surface area contributed by atoms with Gasteiger partial charge in [0.15, 0.2) is 9.84 Å². The lowest BCUT2D eigenvalue weighted by Crippen LogP contribution is -2.35. The van der Waals surface area contributed by atoms with Crippen molar-refractivity contribution in [2.24, 2.45) is 0 Å². The Morgan fingerprint density at radius 3 is 2.38 bits per heavy atom. The van der Waals surface area contributed by atoms with Crippen LogP contribution in [0.15, 0.2) is 53.4 Å². The standard InChI is InChI=1S/C22H23N5O6S/c1-14-20(15(2)26(25-14)16-7-5-4-6-8-16)21(28)22(29)24-12-11-23-18-10-9-17(34(3,32)33)13-19(18)27(30)31/h4-10,13,23H,11-12H2,1-3H3,(H,24,29). The molecule has 1 aromatic heterocycles. The van der Waals surface area contributed by atoms with Gasteiger partial charge >= 0.3 is 0 Å². The number of para-hydroxylation sites is 1. The molecule has 2 aromatic carbocycles. The second-order valence-corrected chi connectivity index (χ2v) is 9.53. The molecule has 0 aliphatic carbocycles. The molecule has 3 rings (SSSR count). The highest BCUT2D eigenvalue weighted by Gasteiger charge is 2.25. The Balaban J connectivity index is 1.65. The minimum atomic E-state index is -3.60. The molecular weight excluding hydrogens is 462 g/mol. The highest BCUT2D eigenvalue weighted by Crippen LogP contribution is 2.27. The van der Waals surface area contributed by atoms with Crippen LogP contribution in [0.2, 0.25) is 0 Å². The first kappa shape index (κ1) is 24.6. The van der Waals surface area contributed by atoms with Crippen molar-refractivity contribution in [1.82, 2.24) is 15.1 Å². The molecule has 2 N–H and O–H groups in total. The summed E-state index contributed by atoms with van der Waals surface area (Å²) in [6.07, 6.45) is 0.957. The highest BCUT2D eigenvalue weighted by atomic mass is 32.2. The van der Waals surface area contributed by atoms with Crippen molar-refractivity contribution in [1.29, 1.82) is 0 Å². The SMILES string of the molecule is Cc1nn(-c2ccccc2)c(C)c1C(=O)C(=O)NCCNc1ccc(S(C)(=O)=O)cc1[N+](=O)[O-]. The summed E-state index contributed by atoms with van der Waals surface area (Å²) in [5.74, 6) is -1.57. The molecule has 1 amide bonds. The normalized spacial score (nSPS) is 11.1. The van der Waals surface area contributed by atoms with Gasteiger partial charge in [-0.3, -0.25) is 19.7 Å². The van der Waals surface area contributed by atoms with Crippen molar-refractivity contribution in [3.05, 3.63) is 75.6 Å². The van der Waals surface area contributed by atoms with Gasteiger partial charge in [0.05, 0.1) is 32.5 Å². The van der Waals surface area contributed by atoms with E-state index in [0.29, 0.717) is 11.4 Å². The fraction of sp³-hybridized carbons (Fsp3) is 0.227. The molecule has 11 nitrogen and oxygen atoms in total. The molecule has 34 heavy (non-hydrogen) atoms. The first-order valence-corrected chi connectivity index (χ1v) is 12.1. The third-order valence-corrected chi connectivity index (χ3v) is 6.16. The Morgan fingerprint density at radius 2 is 1.76 bits per heavy atom. The van der Waals surface area contributed by atoms with Crippen LogP contribution in [-0.4, -0.2) is 54.2 Å². The zero-order valence-corrected chi connectivity index (χ0v) is 19.5. The predicted molar refractivity (Wildman–Crippen MR) is 125 cm³/mol. The van der Waals surface area contributed by atoms with Crippen molar-refractivity contribution >= 4 is 32.9 Å². The van der Waals surface area contributed by atoms with Gasteiger partial charge in [-0.05, 0) is 38.1 Å². The van der Waals surface area contributed by atoms with Gasteiger partial charge in [-0.2, -0.15) is 5.10 Å². The number of carbonyl (C=O) groups is 2. The summed E-state index contributed by atoms with van der Waals surface area (Å²) < 4.78 is 24.9. The second kappa shape index (κ2) is 9.83. The van der Waals surface area contributed by atoms with E-state index in [4.69, 9.17) is 0 Å². The maximum absolute atomic E-state index is 12.7. The zero-order valence-electron chi connectivity index (χ0n) is 18.7. The maximum atomic E-state index is 12.7. The monoisotopic (exact) mass is 485 g/mol. The number of nitrogens with one attached hydrogen (secondary N) is 2. The van der Waals surface area contributed by atoms with Gasteiger partial charge in [-0.15, -0.1) is 0 Å².